The van der Waals surface area contributed by atoms with Gasteiger partial charge in [0.2, 0.25) is 0 Å². The number of nitrogens with zero attached hydrogens (tertiary/aromatic N) is 3. The van der Waals surface area contributed by atoms with Gasteiger partial charge < -0.3 is 9.42 Å². The summed E-state index contributed by atoms with van der Waals surface area (Å²) < 4.78 is 7.69. The summed E-state index contributed by atoms with van der Waals surface area (Å²) in [6.07, 6.45) is 1.41. The van der Waals surface area contributed by atoms with Crippen molar-refractivity contribution in [2.45, 2.75) is 44.5 Å². The van der Waals surface area contributed by atoms with Crippen LogP contribution in [0.1, 0.15) is 39.8 Å². The highest BCUT2D eigenvalue weighted by Gasteiger charge is 2.47. The van der Waals surface area contributed by atoms with Gasteiger partial charge in [0.05, 0.1) is 20.5 Å². The maximum atomic E-state index is 13.1. The number of thioether (sulfide) groups is 1. The van der Waals surface area contributed by atoms with Crippen LogP contribution in [0.3, 0.4) is 0 Å². The first-order valence-electron chi connectivity index (χ1n) is 8.47. The van der Waals surface area contributed by atoms with E-state index in [9.17, 15) is 9.59 Å². The summed E-state index contributed by atoms with van der Waals surface area (Å²) in [5.41, 5.74) is -0.281. The molecule has 0 N–H and O–H groups in total. The molecule has 2 heterocycles. The number of benzene rings is 1. The van der Waals surface area contributed by atoms with Gasteiger partial charge in [0, 0.05) is 6.54 Å². The van der Waals surface area contributed by atoms with Crippen molar-refractivity contribution in [3.63, 3.8) is 0 Å². The third-order valence-corrected chi connectivity index (χ3v) is 6.75. The SMILES string of the molecule is CCCCN1C(=S)SC(C)(C)[C@H]1n1oc(=O)n(-c2ccc(Cl)c(Cl)c2)c1=O. The first kappa shape index (κ1) is 20.5. The minimum atomic E-state index is -0.785. The molecule has 0 aliphatic carbocycles. The van der Waals surface area contributed by atoms with Gasteiger partial charge in [-0.15, -0.1) is 4.74 Å². The summed E-state index contributed by atoms with van der Waals surface area (Å²) in [7, 11) is 0. The molecule has 0 bridgehead atoms. The normalized spacial score (nSPS) is 19.1. The van der Waals surface area contributed by atoms with Gasteiger partial charge >= 0.3 is 11.4 Å². The average molecular weight is 448 g/mol. The number of unbranched alkanes of at least 4 members (excludes halogenated alkanes) is 1. The second-order valence-electron chi connectivity index (χ2n) is 6.79. The van der Waals surface area contributed by atoms with Crippen LogP contribution in [0, 0.1) is 0 Å². The van der Waals surface area contributed by atoms with Crippen LogP contribution >= 0.6 is 47.2 Å². The number of hydrogen-bond acceptors (Lipinski definition) is 5. The lowest BCUT2D eigenvalue weighted by Crippen LogP contribution is -2.42. The molecule has 1 aromatic carbocycles. The van der Waals surface area contributed by atoms with Crippen molar-refractivity contribution in [1.29, 1.82) is 0 Å². The van der Waals surface area contributed by atoms with E-state index in [-0.39, 0.29) is 5.02 Å². The molecule has 1 fully saturated rings. The Morgan fingerprint density at radius 2 is 1.96 bits per heavy atom. The van der Waals surface area contributed by atoms with Gasteiger partial charge in [-0.05, 0) is 38.5 Å². The molecule has 27 heavy (non-hydrogen) atoms. The summed E-state index contributed by atoms with van der Waals surface area (Å²) >= 11 is 19.0. The number of hydrogen-bond donors (Lipinski definition) is 0. The van der Waals surface area contributed by atoms with Crippen LogP contribution in [0.2, 0.25) is 10.0 Å². The molecular weight excluding hydrogens is 429 g/mol. The van der Waals surface area contributed by atoms with Crippen molar-refractivity contribution in [2.75, 3.05) is 6.54 Å². The molecule has 1 saturated heterocycles. The van der Waals surface area contributed by atoms with Crippen molar-refractivity contribution >= 4 is 51.5 Å². The van der Waals surface area contributed by atoms with E-state index < -0.39 is 22.4 Å². The van der Waals surface area contributed by atoms with Crippen molar-refractivity contribution in [2.24, 2.45) is 0 Å². The molecule has 6 nitrogen and oxygen atoms in total. The lowest BCUT2D eigenvalue weighted by molar-refractivity contribution is 0.0897. The van der Waals surface area contributed by atoms with Crippen molar-refractivity contribution < 1.29 is 4.52 Å². The van der Waals surface area contributed by atoms with Gasteiger partial charge in [-0.1, -0.05) is 60.5 Å². The molecule has 10 heteroatoms. The van der Waals surface area contributed by atoms with Crippen LogP contribution in [0.15, 0.2) is 32.3 Å². The Morgan fingerprint density at radius 1 is 1.26 bits per heavy atom. The maximum absolute atomic E-state index is 13.1. The number of halogens is 2. The summed E-state index contributed by atoms with van der Waals surface area (Å²) in [6.45, 7) is 6.72. The third-order valence-electron chi connectivity index (χ3n) is 4.38. The van der Waals surface area contributed by atoms with Gasteiger partial charge in [-0.25, -0.2) is 9.59 Å². The predicted molar refractivity (Wildman–Crippen MR) is 114 cm³/mol. The van der Waals surface area contributed by atoms with Gasteiger partial charge in [0.15, 0.2) is 6.17 Å². The number of rotatable bonds is 5. The number of thiocarbonyl (C=S) groups is 1. The highest BCUT2D eigenvalue weighted by Crippen LogP contribution is 2.46. The van der Waals surface area contributed by atoms with Crippen LogP contribution in [0.4, 0.5) is 0 Å². The van der Waals surface area contributed by atoms with Crippen LogP contribution in [-0.4, -0.2) is 29.8 Å². The fraction of sp³-hybridized carbons (Fsp3) is 0.471. The molecule has 0 radical (unpaired) electrons. The zero-order valence-corrected chi connectivity index (χ0v) is 18.2. The fourth-order valence-electron chi connectivity index (χ4n) is 3.10. The molecule has 1 aromatic heterocycles. The lowest BCUT2D eigenvalue weighted by atomic mass is 10.1. The van der Waals surface area contributed by atoms with Crippen LogP contribution < -0.4 is 11.4 Å². The van der Waals surface area contributed by atoms with E-state index in [1.54, 1.807) is 6.07 Å². The Labute approximate surface area is 176 Å². The molecule has 1 aliphatic heterocycles. The minimum absolute atomic E-state index is 0.246. The van der Waals surface area contributed by atoms with Gasteiger partial charge in [-0.2, -0.15) is 4.57 Å². The third kappa shape index (κ3) is 3.72. The lowest BCUT2D eigenvalue weighted by Gasteiger charge is -2.30. The van der Waals surface area contributed by atoms with Crippen LogP contribution in [0.25, 0.3) is 5.69 Å². The molecule has 0 unspecified atom stereocenters. The molecule has 1 aliphatic rings. The zero-order chi connectivity index (χ0) is 19.9. The highest BCUT2D eigenvalue weighted by molar-refractivity contribution is 8.24. The van der Waals surface area contributed by atoms with Gasteiger partial charge in [0.1, 0.15) is 4.32 Å². The Kier molecular flexibility index (Phi) is 5.82. The first-order chi connectivity index (χ1) is 12.7. The van der Waals surface area contributed by atoms with E-state index in [1.807, 2.05) is 18.7 Å². The summed E-state index contributed by atoms with van der Waals surface area (Å²) in [6, 6.07) is 4.53. The summed E-state index contributed by atoms with van der Waals surface area (Å²) in [4.78, 5) is 27.5. The Hall–Kier alpha value is -1.22. The second-order valence-corrected chi connectivity index (χ2v) is 9.89. The Morgan fingerprint density at radius 3 is 2.59 bits per heavy atom. The van der Waals surface area contributed by atoms with Crippen LogP contribution in [0.5, 0.6) is 0 Å². The van der Waals surface area contributed by atoms with E-state index in [2.05, 4.69) is 6.92 Å². The Bertz CT molecular complexity index is 996. The van der Waals surface area contributed by atoms with E-state index in [1.165, 1.54) is 23.9 Å². The van der Waals surface area contributed by atoms with E-state index in [4.69, 9.17) is 39.9 Å². The molecule has 146 valence electrons. The van der Waals surface area contributed by atoms with E-state index in [0.29, 0.717) is 21.6 Å². The monoisotopic (exact) mass is 447 g/mol. The zero-order valence-electron chi connectivity index (χ0n) is 15.1. The first-order valence-corrected chi connectivity index (χ1v) is 10.5. The predicted octanol–water partition coefficient (Wildman–Crippen LogP) is 4.31. The van der Waals surface area contributed by atoms with Crippen molar-refractivity contribution in [3.05, 3.63) is 49.3 Å². The molecular formula is C17H19Cl2N3O3S2. The quantitative estimate of drug-likeness (QED) is 0.636. The van der Waals surface area contributed by atoms with Crippen molar-refractivity contribution in [3.8, 4) is 5.69 Å². The summed E-state index contributed by atoms with van der Waals surface area (Å²) in [5, 5.41) is 0.581. The van der Waals surface area contributed by atoms with Crippen molar-refractivity contribution in [1.82, 2.24) is 14.2 Å². The fourth-order valence-corrected chi connectivity index (χ4v) is 5.31. The molecule has 3 rings (SSSR count). The van der Waals surface area contributed by atoms with Gasteiger partial charge in [0.25, 0.3) is 0 Å². The Balaban J connectivity index is 2.12. The maximum Gasteiger partial charge on any atom is 0.447 e. The molecule has 2 aromatic rings. The largest absolute Gasteiger partial charge is 0.447 e. The minimum Gasteiger partial charge on any atom is -0.333 e. The van der Waals surface area contributed by atoms with Crippen LogP contribution in [-0.2, 0) is 0 Å². The highest BCUT2D eigenvalue weighted by atomic mass is 35.5. The van der Waals surface area contributed by atoms with E-state index >= 15 is 0 Å². The van der Waals surface area contributed by atoms with Gasteiger partial charge in [-0.3, -0.25) is 0 Å². The second kappa shape index (κ2) is 7.66. The standard InChI is InChI=1S/C17H19Cl2N3O3S2/c1-4-5-8-20-13(17(2,3)27-16(20)26)22-14(23)21(15(24)25-22)10-6-7-11(18)12(19)9-10/h6-7,9,13H,4-5,8H2,1-3H3/t13-/m1/s1. The smallest absolute Gasteiger partial charge is 0.333 e. The molecule has 0 saturated carbocycles. The molecule has 1 atom stereocenters. The molecule has 0 amide bonds. The average Bonchev–Trinajstić information content (AvgIpc) is 2.99. The van der Waals surface area contributed by atoms with E-state index in [0.717, 1.165) is 22.1 Å². The molecule has 0 spiro atoms. The number of aromatic nitrogens is 2. The summed E-state index contributed by atoms with van der Waals surface area (Å²) in [5.74, 6) is -0.785. The topological polar surface area (TPSA) is 60.4 Å².